The largest absolute Gasteiger partial charge is 0.356 e. The van der Waals surface area contributed by atoms with Gasteiger partial charge >= 0.3 is 0 Å². The summed E-state index contributed by atoms with van der Waals surface area (Å²) >= 11 is 5.79. The zero-order valence-corrected chi connectivity index (χ0v) is 10.6. The Bertz CT molecular complexity index is 332. The van der Waals surface area contributed by atoms with E-state index in [-0.39, 0.29) is 11.8 Å². The first-order valence-electron chi connectivity index (χ1n) is 5.61. The lowest BCUT2D eigenvalue weighted by Crippen LogP contribution is -2.28. The first-order valence-corrected chi connectivity index (χ1v) is 5.99. The maximum absolute atomic E-state index is 11.3. The van der Waals surface area contributed by atoms with Gasteiger partial charge in [-0.05, 0) is 30.5 Å². The van der Waals surface area contributed by atoms with Crippen molar-refractivity contribution < 1.29 is 4.79 Å². The molecule has 0 unspecified atom stereocenters. The highest BCUT2D eigenvalue weighted by atomic mass is 35.5. The molecule has 1 amide bonds. The van der Waals surface area contributed by atoms with E-state index >= 15 is 0 Å². The van der Waals surface area contributed by atoms with Crippen LogP contribution in [0.15, 0.2) is 24.3 Å². The lowest BCUT2D eigenvalue weighted by Gasteiger charge is -2.07. The Kier molecular flexibility index (Phi) is 5.33. The minimum Gasteiger partial charge on any atom is -0.356 e. The number of halogens is 1. The van der Waals surface area contributed by atoms with Crippen LogP contribution >= 0.6 is 11.6 Å². The molecule has 0 aliphatic carbocycles. The standard InChI is InChI=1S/C13H18ClNO/c1-10(2)13(16)15-9-3-4-11-5-7-12(14)8-6-11/h5-8,10H,3-4,9H2,1-2H3,(H,15,16). The smallest absolute Gasteiger partial charge is 0.222 e. The average Bonchev–Trinajstić information content (AvgIpc) is 2.26. The highest BCUT2D eigenvalue weighted by Gasteiger charge is 2.04. The van der Waals surface area contributed by atoms with Crippen LogP contribution in [0.3, 0.4) is 0 Å². The van der Waals surface area contributed by atoms with Gasteiger partial charge in [-0.15, -0.1) is 0 Å². The number of hydrogen-bond donors (Lipinski definition) is 1. The molecule has 88 valence electrons. The van der Waals surface area contributed by atoms with Crippen molar-refractivity contribution >= 4 is 17.5 Å². The number of hydrogen-bond acceptors (Lipinski definition) is 1. The van der Waals surface area contributed by atoms with E-state index in [4.69, 9.17) is 11.6 Å². The SMILES string of the molecule is CC(C)C(=O)NCCCc1ccc(Cl)cc1. The molecular formula is C13H18ClNO. The van der Waals surface area contributed by atoms with Gasteiger partial charge < -0.3 is 5.32 Å². The molecule has 0 aromatic heterocycles. The van der Waals surface area contributed by atoms with Crippen LogP contribution in [0.25, 0.3) is 0 Å². The van der Waals surface area contributed by atoms with Crippen molar-refractivity contribution in [2.75, 3.05) is 6.54 Å². The number of rotatable bonds is 5. The Morgan fingerprint density at radius 3 is 2.50 bits per heavy atom. The van der Waals surface area contributed by atoms with E-state index in [1.807, 2.05) is 38.1 Å². The Morgan fingerprint density at radius 2 is 1.94 bits per heavy atom. The van der Waals surface area contributed by atoms with Gasteiger partial charge in [0.1, 0.15) is 0 Å². The molecule has 0 heterocycles. The van der Waals surface area contributed by atoms with Crippen molar-refractivity contribution in [3.63, 3.8) is 0 Å². The summed E-state index contributed by atoms with van der Waals surface area (Å²) in [5.41, 5.74) is 1.25. The summed E-state index contributed by atoms with van der Waals surface area (Å²) < 4.78 is 0. The third-order valence-corrected chi connectivity index (χ3v) is 2.63. The van der Waals surface area contributed by atoms with E-state index < -0.39 is 0 Å². The summed E-state index contributed by atoms with van der Waals surface area (Å²) in [5.74, 6) is 0.187. The van der Waals surface area contributed by atoms with E-state index in [0.717, 1.165) is 24.4 Å². The predicted octanol–water partition coefficient (Wildman–Crippen LogP) is 3.04. The Balaban J connectivity index is 2.21. The molecule has 1 N–H and O–H groups in total. The summed E-state index contributed by atoms with van der Waals surface area (Å²) in [5, 5.41) is 3.66. The van der Waals surface area contributed by atoms with Crippen LogP contribution in [-0.4, -0.2) is 12.5 Å². The second kappa shape index (κ2) is 6.54. The molecule has 0 radical (unpaired) electrons. The van der Waals surface area contributed by atoms with Gasteiger partial charge in [0.05, 0.1) is 0 Å². The number of amides is 1. The second-order valence-electron chi connectivity index (χ2n) is 4.18. The number of carbonyl (C=O) groups excluding carboxylic acids is 1. The Morgan fingerprint density at radius 1 is 1.31 bits per heavy atom. The predicted molar refractivity (Wildman–Crippen MR) is 67.6 cm³/mol. The van der Waals surface area contributed by atoms with Crippen molar-refractivity contribution in [3.8, 4) is 0 Å². The fourth-order valence-corrected chi connectivity index (χ4v) is 1.49. The lowest BCUT2D eigenvalue weighted by molar-refractivity contribution is -0.123. The van der Waals surface area contributed by atoms with Gasteiger partial charge in [-0.3, -0.25) is 4.79 Å². The van der Waals surface area contributed by atoms with Crippen LogP contribution in [0.4, 0.5) is 0 Å². The zero-order valence-electron chi connectivity index (χ0n) is 9.79. The highest BCUT2D eigenvalue weighted by Crippen LogP contribution is 2.10. The van der Waals surface area contributed by atoms with Crippen LogP contribution in [0, 0.1) is 5.92 Å². The van der Waals surface area contributed by atoms with E-state index in [2.05, 4.69) is 5.32 Å². The Labute approximate surface area is 102 Å². The van der Waals surface area contributed by atoms with Crippen molar-refractivity contribution in [1.82, 2.24) is 5.32 Å². The summed E-state index contributed by atoms with van der Waals surface area (Å²) in [6, 6.07) is 7.83. The molecule has 0 aliphatic heterocycles. The average molecular weight is 240 g/mol. The number of carbonyl (C=O) groups is 1. The minimum atomic E-state index is 0.0653. The van der Waals surface area contributed by atoms with Gasteiger partial charge in [0.25, 0.3) is 0 Å². The van der Waals surface area contributed by atoms with Crippen molar-refractivity contribution in [2.24, 2.45) is 5.92 Å². The van der Waals surface area contributed by atoms with Crippen molar-refractivity contribution in [2.45, 2.75) is 26.7 Å². The van der Waals surface area contributed by atoms with Gasteiger partial charge in [0, 0.05) is 17.5 Å². The second-order valence-corrected chi connectivity index (χ2v) is 4.61. The topological polar surface area (TPSA) is 29.1 Å². The van der Waals surface area contributed by atoms with Crippen molar-refractivity contribution in [3.05, 3.63) is 34.9 Å². The summed E-state index contributed by atoms with van der Waals surface area (Å²) in [4.78, 5) is 11.3. The van der Waals surface area contributed by atoms with Crippen LogP contribution in [0.5, 0.6) is 0 Å². The van der Waals surface area contributed by atoms with E-state index in [9.17, 15) is 4.79 Å². The fraction of sp³-hybridized carbons (Fsp3) is 0.462. The molecule has 16 heavy (non-hydrogen) atoms. The lowest BCUT2D eigenvalue weighted by atomic mass is 10.1. The molecule has 3 heteroatoms. The van der Waals surface area contributed by atoms with Gasteiger partial charge in [-0.1, -0.05) is 37.6 Å². The molecule has 0 saturated heterocycles. The number of nitrogens with one attached hydrogen (secondary N) is 1. The van der Waals surface area contributed by atoms with E-state index in [1.54, 1.807) is 0 Å². The minimum absolute atomic E-state index is 0.0653. The van der Waals surface area contributed by atoms with E-state index in [1.165, 1.54) is 5.56 Å². The van der Waals surface area contributed by atoms with Gasteiger partial charge in [0.2, 0.25) is 5.91 Å². The normalized spacial score (nSPS) is 10.5. The molecule has 0 bridgehead atoms. The van der Waals surface area contributed by atoms with Crippen molar-refractivity contribution in [1.29, 1.82) is 0 Å². The molecule has 0 spiro atoms. The maximum Gasteiger partial charge on any atom is 0.222 e. The zero-order chi connectivity index (χ0) is 12.0. The third kappa shape index (κ3) is 4.67. The van der Waals surface area contributed by atoms with Gasteiger partial charge in [0.15, 0.2) is 0 Å². The molecule has 0 aliphatic rings. The van der Waals surface area contributed by atoms with Crippen LogP contribution in [0.2, 0.25) is 5.02 Å². The summed E-state index contributed by atoms with van der Waals surface area (Å²) in [6.07, 6.45) is 1.93. The molecule has 1 aromatic rings. The first kappa shape index (κ1) is 13.0. The quantitative estimate of drug-likeness (QED) is 0.787. The summed E-state index contributed by atoms with van der Waals surface area (Å²) in [6.45, 7) is 4.53. The van der Waals surface area contributed by atoms with Gasteiger partial charge in [-0.25, -0.2) is 0 Å². The van der Waals surface area contributed by atoms with Gasteiger partial charge in [-0.2, -0.15) is 0 Å². The number of benzene rings is 1. The van der Waals surface area contributed by atoms with Crippen LogP contribution in [0.1, 0.15) is 25.8 Å². The summed E-state index contributed by atoms with van der Waals surface area (Å²) in [7, 11) is 0. The molecule has 0 atom stereocenters. The maximum atomic E-state index is 11.3. The fourth-order valence-electron chi connectivity index (χ4n) is 1.36. The van der Waals surface area contributed by atoms with Crippen LogP contribution < -0.4 is 5.32 Å². The monoisotopic (exact) mass is 239 g/mol. The highest BCUT2D eigenvalue weighted by molar-refractivity contribution is 6.30. The molecule has 0 saturated carbocycles. The van der Waals surface area contributed by atoms with Crippen LogP contribution in [-0.2, 0) is 11.2 Å². The first-order chi connectivity index (χ1) is 7.59. The Hall–Kier alpha value is -1.02. The molecule has 1 aromatic carbocycles. The molecule has 1 rings (SSSR count). The molecule has 0 fully saturated rings. The molecule has 2 nitrogen and oxygen atoms in total. The number of aryl methyl sites for hydroxylation is 1. The molecular weight excluding hydrogens is 222 g/mol. The third-order valence-electron chi connectivity index (χ3n) is 2.38. The van der Waals surface area contributed by atoms with E-state index in [0.29, 0.717) is 0 Å².